The molecule has 6 rings (SSSR count). The first-order valence-electron chi connectivity index (χ1n) is 16.0. The molecule has 3 aliphatic rings. The van der Waals surface area contributed by atoms with Crippen LogP contribution < -0.4 is 20.3 Å². The fraction of sp³-hybridized carbons (Fsp3) is 0.457. The zero-order chi connectivity index (χ0) is 32.4. The van der Waals surface area contributed by atoms with Crippen LogP contribution in [0, 0.1) is 12.8 Å². The molecule has 2 aromatic carbocycles. The Morgan fingerprint density at radius 3 is 2.52 bits per heavy atom. The number of aryl methyl sites for hydroxylation is 1. The number of nitrogens with zero attached hydrogens (tertiary/aromatic N) is 3. The monoisotopic (exact) mass is 683 g/mol. The van der Waals surface area contributed by atoms with Crippen LogP contribution in [0.15, 0.2) is 48.7 Å². The third-order valence-corrected chi connectivity index (χ3v) is 10.1. The second kappa shape index (κ2) is 14.4. The smallest absolute Gasteiger partial charge is 0.228 e. The number of aromatic nitrogens is 1. The van der Waals surface area contributed by atoms with E-state index in [0.717, 1.165) is 66.8 Å². The van der Waals surface area contributed by atoms with E-state index in [-0.39, 0.29) is 35.8 Å². The Bertz CT molecular complexity index is 1560. The number of ether oxygens (including phenoxy) is 1. The molecule has 2 aliphatic heterocycles. The molecular formula is C35H40Cl3N5O3. The van der Waals surface area contributed by atoms with Gasteiger partial charge in [-0.1, -0.05) is 53.0 Å². The van der Waals surface area contributed by atoms with Crippen LogP contribution in [0.5, 0.6) is 5.75 Å². The van der Waals surface area contributed by atoms with Gasteiger partial charge in [-0.25, -0.2) is 4.98 Å². The maximum absolute atomic E-state index is 14.2. The molecule has 3 aromatic rings. The van der Waals surface area contributed by atoms with E-state index in [1.54, 1.807) is 0 Å². The van der Waals surface area contributed by atoms with E-state index >= 15 is 0 Å². The quantitative estimate of drug-likeness (QED) is 0.253. The van der Waals surface area contributed by atoms with Gasteiger partial charge < -0.3 is 25.2 Å². The Labute approximate surface area is 285 Å². The Kier molecular flexibility index (Phi) is 10.3. The molecule has 3 fully saturated rings. The van der Waals surface area contributed by atoms with E-state index < -0.39 is 0 Å². The van der Waals surface area contributed by atoms with Crippen molar-refractivity contribution in [2.75, 3.05) is 31.1 Å². The van der Waals surface area contributed by atoms with Crippen molar-refractivity contribution in [2.45, 2.75) is 70.7 Å². The van der Waals surface area contributed by atoms with Gasteiger partial charge in [-0.2, -0.15) is 0 Å². The van der Waals surface area contributed by atoms with Gasteiger partial charge in [-0.15, -0.1) is 0 Å². The molecule has 244 valence electrons. The van der Waals surface area contributed by atoms with Crippen LogP contribution in [0.25, 0.3) is 0 Å². The largest absolute Gasteiger partial charge is 0.485 e. The standard InChI is InChI=1S/C35H40Cl3N5O3/c1-21-13-31(37)34(32(38)14-21)46-27-10-12-42(20-27)33-8-4-24(17-41-33)28-9-11-39-18-29(28)35(45)43(26-5-6-26)19-25-15-23(3-7-30(25)36)16-40-22(2)44/h3-4,7-8,13-15,17,26-29,39H,5-6,9-12,16,18-20H2,1-2H3,(H,40,44)/t27-,28?,29?/m0/s1. The number of hydrogen-bond acceptors (Lipinski definition) is 6. The summed E-state index contributed by atoms with van der Waals surface area (Å²) >= 11 is 19.5. The van der Waals surface area contributed by atoms with Gasteiger partial charge in [-0.3, -0.25) is 9.59 Å². The fourth-order valence-electron chi connectivity index (χ4n) is 6.57. The van der Waals surface area contributed by atoms with Crippen molar-refractivity contribution >= 4 is 52.4 Å². The minimum Gasteiger partial charge on any atom is -0.485 e. The van der Waals surface area contributed by atoms with Crippen molar-refractivity contribution in [3.63, 3.8) is 0 Å². The number of benzene rings is 2. The van der Waals surface area contributed by atoms with Gasteiger partial charge in [0, 0.05) is 56.8 Å². The first-order valence-corrected chi connectivity index (χ1v) is 17.2. The van der Waals surface area contributed by atoms with Gasteiger partial charge in [0.2, 0.25) is 11.8 Å². The van der Waals surface area contributed by atoms with Crippen LogP contribution in [0.2, 0.25) is 15.1 Å². The number of hydrogen-bond donors (Lipinski definition) is 2. The summed E-state index contributed by atoms with van der Waals surface area (Å²) in [5.74, 6) is 1.36. The second-order valence-corrected chi connectivity index (χ2v) is 13.9. The van der Waals surface area contributed by atoms with Gasteiger partial charge in [0.15, 0.2) is 5.75 Å². The Morgan fingerprint density at radius 1 is 1.04 bits per heavy atom. The summed E-state index contributed by atoms with van der Waals surface area (Å²) in [4.78, 5) is 34.8. The summed E-state index contributed by atoms with van der Waals surface area (Å²) in [7, 11) is 0. The van der Waals surface area contributed by atoms with E-state index in [9.17, 15) is 9.59 Å². The first-order chi connectivity index (χ1) is 22.2. The maximum atomic E-state index is 14.2. The summed E-state index contributed by atoms with van der Waals surface area (Å²) in [5, 5.41) is 7.97. The normalized spacial score (nSPS) is 21.2. The maximum Gasteiger partial charge on any atom is 0.228 e. The molecule has 2 unspecified atom stereocenters. The number of amides is 2. The van der Waals surface area contributed by atoms with Gasteiger partial charge in [0.05, 0.1) is 22.5 Å². The molecule has 2 N–H and O–H groups in total. The number of carbonyl (C=O) groups excluding carboxylic acids is 2. The van der Waals surface area contributed by atoms with Crippen molar-refractivity contribution in [1.29, 1.82) is 0 Å². The average molecular weight is 685 g/mol. The summed E-state index contributed by atoms with van der Waals surface area (Å²) in [6.45, 7) is 7.31. The lowest BCUT2D eigenvalue weighted by Gasteiger charge is -2.36. The highest BCUT2D eigenvalue weighted by Crippen LogP contribution is 2.38. The predicted molar refractivity (Wildman–Crippen MR) is 183 cm³/mol. The molecule has 46 heavy (non-hydrogen) atoms. The average Bonchev–Trinajstić information content (AvgIpc) is 3.78. The highest BCUT2D eigenvalue weighted by atomic mass is 35.5. The van der Waals surface area contributed by atoms with Crippen molar-refractivity contribution in [1.82, 2.24) is 20.5 Å². The molecule has 1 aliphatic carbocycles. The Morgan fingerprint density at radius 2 is 1.83 bits per heavy atom. The van der Waals surface area contributed by atoms with Crippen molar-refractivity contribution in [3.8, 4) is 5.75 Å². The molecule has 1 aromatic heterocycles. The predicted octanol–water partition coefficient (Wildman–Crippen LogP) is 6.53. The Balaban J connectivity index is 1.13. The molecule has 3 atom stereocenters. The lowest BCUT2D eigenvalue weighted by molar-refractivity contribution is -0.138. The molecule has 0 spiro atoms. The second-order valence-electron chi connectivity index (χ2n) is 12.7. The van der Waals surface area contributed by atoms with E-state index in [1.807, 2.05) is 48.4 Å². The molecular weight excluding hydrogens is 645 g/mol. The number of pyridine rings is 1. The van der Waals surface area contributed by atoms with Gasteiger partial charge in [0.25, 0.3) is 0 Å². The van der Waals surface area contributed by atoms with Crippen LogP contribution in [-0.2, 0) is 22.7 Å². The lowest BCUT2D eigenvalue weighted by Crippen LogP contribution is -2.47. The fourth-order valence-corrected chi connectivity index (χ4v) is 7.44. The zero-order valence-corrected chi connectivity index (χ0v) is 28.5. The minimum atomic E-state index is -0.197. The van der Waals surface area contributed by atoms with Crippen LogP contribution in [0.3, 0.4) is 0 Å². The van der Waals surface area contributed by atoms with Crippen LogP contribution in [0.1, 0.15) is 60.8 Å². The molecule has 8 nitrogen and oxygen atoms in total. The summed E-state index contributed by atoms with van der Waals surface area (Å²) in [6, 6.07) is 13.9. The SMILES string of the molecule is CC(=O)NCc1ccc(Cl)c(CN(C(=O)C2CNCCC2c2ccc(N3CC[C@H](Oc4c(Cl)cc(C)cc4Cl)C3)nc2)C2CC2)c1. The van der Waals surface area contributed by atoms with Gasteiger partial charge >= 0.3 is 0 Å². The first kappa shape index (κ1) is 32.9. The lowest BCUT2D eigenvalue weighted by atomic mass is 9.80. The summed E-state index contributed by atoms with van der Waals surface area (Å²) in [6.07, 6.45) is 5.60. The third kappa shape index (κ3) is 7.73. The van der Waals surface area contributed by atoms with Crippen molar-refractivity contribution in [2.24, 2.45) is 5.92 Å². The minimum absolute atomic E-state index is 0.0430. The highest BCUT2D eigenvalue weighted by Gasteiger charge is 2.40. The van der Waals surface area contributed by atoms with Crippen LogP contribution >= 0.6 is 34.8 Å². The number of halogens is 3. The van der Waals surface area contributed by atoms with Crippen LogP contribution in [-0.4, -0.2) is 60.0 Å². The Hall–Kier alpha value is -3.04. The zero-order valence-electron chi connectivity index (χ0n) is 26.2. The number of carbonyl (C=O) groups is 2. The number of rotatable bonds is 10. The van der Waals surface area contributed by atoms with E-state index in [0.29, 0.717) is 47.0 Å². The molecule has 11 heteroatoms. The van der Waals surface area contributed by atoms with Crippen LogP contribution in [0.4, 0.5) is 5.82 Å². The van der Waals surface area contributed by atoms with Gasteiger partial charge in [0.1, 0.15) is 11.9 Å². The molecule has 1 saturated carbocycles. The van der Waals surface area contributed by atoms with E-state index in [2.05, 4.69) is 27.7 Å². The molecule has 0 radical (unpaired) electrons. The van der Waals surface area contributed by atoms with Gasteiger partial charge in [-0.05, 0) is 85.2 Å². The van der Waals surface area contributed by atoms with E-state index in [1.165, 1.54) is 6.92 Å². The summed E-state index contributed by atoms with van der Waals surface area (Å²) in [5.41, 5.74) is 3.93. The molecule has 3 heterocycles. The van der Waals surface area contributed by atoms with E-state index in [4.69, 9.17) is 44.5 Å². The van der Waals surface area contributed by atoms with Crippen molar-refractivity contribution in [3.05, 3.63) is 86.0 Å². The highest BCUT2D eigenvalue weighted by molar-refractivity contribution is 6.37. The molecule has 2 amide bonds. The molecule has 2 saturated heterocycles. The number of piperidine rings is 1. The number of nitrogens with one attached hydrogen (secondary N) is 2. The topological polar surface area (TPSA) is 86.8 Å². The number of anilines is 1. The van der Waals surface area contributed by atoms with Crippen molar-refractivity contribution < 1.29 is 14.3 Å². The summed E-state index contributed by atoms with van der Waals surface area (Å²) < 4.78 is 6.22. The third-order valence-electron chi connectivity index (χ3n) is 9.16. The molecule has 0 bridgehead atoms.